The molecule has 1 saturated heterocycles. The van der Waals surface area contributed by atoms with Crippen LogP contribution in [0.3, 0.4) is 0 Å². The molecular weight excluding hydrogens is 196 g/mol. The number of ether oxygens (including phenoxy) is 1. The number of rotatable bonds is 4. The molecule has 1 aliphatic heterocycles. The van der Waals surface area contributed by atoms with Crippen LogP contribution in [-0.4, -0.2) is 42.7 Å². The van der Waals surface area contributed by atoms with Crippen molar-refractivity contribution < 1.29 is 4.74 Å². The number of nitrogens with two attached hydrogens (primary N) is 1. The summed E-state index contributed by atoms with van der Waals surface area (Å²) in [4.78, 5) is 2.82. The molecule has 0 bridgehead atoms. The van der Waals surface area contributed by atoms with Crippen LogP contribution in [0.15, 0.2) is 0 Å². The first-order valence-electron chi connectivity index (χ1n) is 5.18. The molecule has 0 radical (unpaired) electrons. The number of hydrogen-bond donors (Lipinski definition) is 1. The summed E-state index contributed by atoms with van der Waals surface area (Å²) in [6, 6.07) is 0.202. The number of thiocarbonyl (C=S) groups is 1. The molecule has 1 atom stereocenters. The Kier molecular flexibility index (Phi) is 4.78. The first kappa shape index (κ1) is 11.9. The normalized spacial score (nSPS) is 21.1. The fraction of sp³-hybridized carbons (Fsp3) is 0.900. The van der Waals surface area contributed by atoms with Gasteiger partial charge in [-0.1, -0.05) is 12.2 Å². The fourth-order valence-electron chi connectivity index (χ4n) is 1.71. The third kappa shape index (κ3) is 3.52. The van der Waals surface area contributed by atoms with Gasteiger partial charge in [-0.2, -0.15) is 0 Å². The van der Waals surface area contributed by atoms with Crippen molar-refractivity contribution in [2.75, 3.05) is 26.8 Å². The van der Waals surface area contributed by atoms with E-state index in [1.807, 2.05) is 0 Å². The summed E-state index contributed by atoms with van der Waals surface area (Å²) < 4.78 is 5.32. The van der Waals surface area contributed by atoms with Crippen LogP contribution in [0.4, 0.5) is 0 Å². The lowest BCUT2D eigenvalue weighted by molar-refractivity contribution is 0.0544. The predicted molar refractivity (Wildman–Crippen MR) is 62.4 cm³/mol. The van der Waals surface area contributed by atoms with Gasteiger partial charge in [-0.25, -0.2) is 0 Å². The Morgan fingerprint density at radius 1 is 1.57 bits per heavy atom. The average molecular weight is 216 g/mol. The van der Waals surface area contributed by atoms with Gasteiger partial charge in [0.25, 0.3) is 0 Å². The van der Waals surface area contributed by atoms with Crippen molar-refractivity contribution in [1.82, 2.24) is 4.90 Å². The molecule has 1 heterocycles. The average Bonchev–Trinajstić information content (AvgIpc) is 2.18. The topological polar surface area (TPSA) is 38.5 Å². The highest BCUT2D eigenvalue weighted by Gasteiger charge is 2.19. The lowest BCUT2D eigenvalue weighted by atomic mass is 9.99. The van der Waals surface area contributed by atoms with Crippen LogP contribution in [-0.2, 0) is 4.74 Å². The van der Waals surface area contributed by atoms with Crippen LogP contribution >= 0.6 is 12.2 Å². The fourth-order valence-corrected chi connectivity index (χ4v) is 1.89. The summed E-state index contributed by atoms with van der Waals surface area (Å²) in [6.45, 7) is 4.93. The first-order chi connectivity index (χ1) is 6.61. The van der Waals surface area contributed by atoms with Crippen molar-refractivity contribution in [3.63, 3.8) is 0 Å². The quantitative estimate of drug-likeness (QED) is 0.712. The Morgan fingerprint density at radius 2 is 2.14 bits per heavy atom. The smallest absolute Gasteiger partial charge is 0.0899 e. The first-order valence-corrected chi connectivity index (χ1v) is 5.59. The summed E-state index contributed by atoms with van der Waals surface area (Å²) in [5.41, 5.74) is 5.61. The Labute approximate surface area is 91.6 Å². The molecule has 1 aliphatic rings. The molecule has 1 fully saturated rings. The molecule has 3 nitrogen and oxygen atoms in total. The minimum Gasteiger partial charge on any atom is -0.392 e. The van der Waals surface area contributed by atoms with Crippen molar-refractivity contribution in [3.05, 3.63) is 0 Å². The van der Waals surface area contributed by atoms with Gasteiger partial charge in [-0.15, -0.1) is 0 Å². The van der Waals surface area contributed by atoms with Gasteiger partial charge in [0.15, 0.2) is 0 Å². The molecular formula is C10H20N2OS. The zero-order valence-corrected chi connectivity index (χ0v) is 9.85. The van der Waals surface area contributed by atoms with Crippen LogP contribution in [0.2, 0.25) is 0 Å². The van der Waals surface area contributed by atoms with E-state index < -0.39 is 0 Å². The van der Waals surface area contributed by atoms with E-state index in [4.69, 9.17) is 22.7 Å². The van der Waals surface area contributed by atoms with Crippen molar-refractivity contribution in [2.45, 2.75) is 25.8 Å². The zero-order valence-electron chi connectivity index (χ0n) is 9.03. The van der Waals surface area contributed by atoms with Crippen molar-refractivity contribution in [2.24, 2.45) is 11.7 Å². The molecule has 1 unspecified atom stereocenters. The van der Waals surface area contributed by atoms with E-state index in [0.717, 1.165) is 38.5 Å². The molecule has 0 aromatic heterocycles. The van der Waals surface area contributed by atoms with Crippen LogP contribution in [0.25, 0.3) is 0 Å². The van der Waals surface area contributed by atoms with Gasteiger partial charge < -0.3 is 10.5 Å². The van der Waals surface area contributed by atoms with Gasteiger partial charge in [0.2, 0.25) is 0 Å². The van der Waals surface area contributed by atoms with E-state index in [0.29, 0.717) is 4.99 Å². The predicted octanol–water partition coefficient (Wildman–Crippen LogP) is 1.02. The molecule has 82 valence electrons. The third-order valence-corrected chi connectivity index (χ3v) is 3.30. The summed E-state index contributed by atoms with van der Waals surface area (Å²) in [5, 5.41) is 0. The molecule has 1 rings (SSSR count). The van der Waals surface area contributed by atoms with E-state index in [-0.39, 0.29) is 6.04 Å². The Hall–Kier alpha value is -0.190. The third-order valence-electron chi connectivity index (χ3n) is 2.96. The highest BCUT2D eigenvalue weighted by atomic mass is 32.1. The molecule has 14 heavy (non-hydrogen) atoms. The Morgan fingerprint density at radius 3 is 2.64 bits per heavy atom. The standard InChI is InChI=1S/C10H20N2OS/c1-8(10(11)14)12(2)7-9-3-5-13-6-4-9/h8-9H,3-7H2,1-2H3,(H2,11,14). The molecule has 0 amide bonds. The second kappa shape index (κ2) is 5.63. The molecule has 2 N–H and O–H groups in total. The molecule has 0 saturated carbocycles. The van der Waals surface area contributed by atoms with E-state index in [9.17, 15) is 0 Å². The molecule has 4 heteroatoms. The lowest BCUT2D eigenvalue weighted by Gasteiger charge is -2.30. The van der Waals surface area contributed by atoms with Crippen molar-refractivity contribution >= 4 is 17.2 Å². The highest BCUT2D eigenvalue weighted by molar-refractivity contribution is 7.80. The van der Waals surface area contributed by atoms with E-state index in [1.54, 1.807) is 0 Å². The zero-order chi connectivity index (χ0) is 10.6. The van der Waals surface area contributed by atoms with E-state index in [1.165, 1.54) is 0 Å². The maximum absolute atomic E-state index is 5.61. The lowest BCUT2D eigenvalue weighted by Crippen LogP contribution is -2.42. The second-order valence-corrected chi connectivity index (χ2v) is 4.55. The number of hydrogen-bond acceptors (Lipinski definition) is 3. The number of nitrogens with zero attached hydrogens (tertiary/aromatic N) is 1. The van der Waals surface area contributed by atoms with Gasteiger partial charge in [0, 0.05) is 19.8 Å². The molecule has 0 aromatic rings. The molecule has 0 aromatic carbocycles. The van der Waals surface area contributed by atoms with Crippen molar-refractivity contribution in [1.29, 1.82) is 0 Å². The SMILES string of the molecule is CC(C(N)=S)N(C)CC1CCOCC1. The minimum atomic E-state index is 0.202. The largest absolute Gasteiger partial charge is 0.392 e. The Balaban J connectivity index is 2.31. The second-order valence-electron chi connectivity index (χ2n) is 4.07. The van der Waals surface area contributed by atoms with E-state index >= 15 is 0 Å². The maximum Gasteiger partial charge on any atom is 0.0899 e. The van der Waals surface area contributed by atoms with Gasteiger partial charge >= 0.3 is 0 Å². The molecule has 0 aliphatic carbocycles. The summed E-state index contributed by atoms with van der Waals surface area (Å²) >= 11 is 4.97. The molecule has 0 spiro atoms. The Bertz CT molecular complexity index is 193. The van der Waals surface area contributed by atoms with E-state index in [2.05, 4.69) is 18.9 Å². The van der Waals surface area contributed by atoms with Crippen molar-refractivity contribution in [3.8, 4) is 0 Å². The van der Waals surface area contributed by atoms with Crippen LogP contribution < -0.4 is 5.73 Å². The van der Waals surface area contributed by atoms with Gasteiger partial charge in [-0.3, -0.25) is 4.90 Å². The van der Waals surface area contributed by atoms with Gasteiger partial charge in [0.05, 0.1) is 11.0 Å². The summed E-state index contributed by atoms with van der Waals surface area (Å²) in [5.74, 6) is 0.741. The van der Waals surface area contributed by atoms with Gasteiger partial charge in [0.1, 0.15) is 0 Å². The van der Waals surface area contributed by atoms with Gasteiger partial charge in [-0.05, 0) is 32.7 Å². The monoisotopic (exact) mass is 216 g/mol. The maximum atomic E-state index is 5.61. The highest BCUT2D eigenvalue weighted by Crippen LogP contribution is 2.16. The van der Waals surface area contributed by atoms with Crippen LogP contribution in [0, 0.1) is 5.92 Å². The summed E-state index contributed by atoms with van der Waals surface area (Å²) in [6.07, 6.45) is 2.32. The number of likely N-dealkylation sites (N-methyl/N-ethyl adjacent to an activating group) is 1. The minimum absolute atomic E-state index is 0.202. The summed E-state index contributed by atoms with van der Waals surface area (Å²) in [7, 11) is 2.08. The van der Waals surface area contributed by atoms with Crippen LogP contribution in [0.1, 0.15) is 19.8 Å². The van der Waals surface area contributed by atoms with Crippen LogP contribution in [0.5, 0.6) is 0 Å².